The van der Waals surface area contributed by atoms with Gasteiger partial charge in [-0.2, -0.15) is 0 Å². The van der Waals surface area contributed by atoms with Gasteiger partial charge in [-0.3, -0.25) is 33.8 Å². The second-order valence-electron chi connectivity index (χ2n) is 16.5. The van der Waals surface area contributed by atoms with Gasteiger partial charge in [0.15, 0.2) is 5.96 Å². The first-order valence-corrected chi connectivity index (χ1v) is 21.9. The first-order valence-electron chi connectivity index (χ1n) is 21.9. The second kappa shape index (κ2) is 24.2. The number of nitrogens with zero attached hydrogens (tertiary/aromatic N) is 2. The lowest BCUT2D eigenvalue weighted by molar-refractivity contribution is -0.137. The van der Waals surface area contributed by atoms with Crippen LogP contribution in [0.5, 0.6) is 0 Å². The molecule has 1 aliphatic carbocycles. The molecule has 0 fully saturated rings. The Morgan fingerprint density at radius 3 is 2.17 bits per heavy atom. The molecule has 4 atom stereocenters. The number of hydrogen-bond acceptors (Lipinski definition) is 8. The van der Waals surface area contributed by atoms with Gasteiger partial charge in [-0.15, -0.1) is 0 Å². The first-order chi connectivity index (χ1) is 30.6. The molecule has 0 aromatic heterocycles. The first kappa shape index (κ1) is 49.9. The lowest BCUT2D eigenvalue weighted by atomic mass is 9.76. The minimum absolute atomic E-state index is 0.0459. The number of primary amides is 1. The lowest BCUT2D eigenvalue weighted by Crippen LogP contribution is -2.65. The lowest BCUT2D eigenvalue weighted by Gasteiger charge is -2.39. The van der Waals surface area contributed by atoms with E-state index in [1.54, 1.807) is 0 Å². The summed E-state index contributed by atoms with van der Waals surface area (Å²) in [4.78, 5) is 88.7. The number of carbonyl (C=O) groups is 6. The van der Waals surface area contributed by atoms with E-state index in [0.29, 0.717) is 19.3 Å². The molecule has 0 bridgehead atoms. The average Bonchev–Trinajstić information content (AvgIpc) is 3.26. The summed E-state index contributed by atoms with van der Waals surface area (Å²) in [7, 11) is 3.92. The highest BCUT2D eigenvalue weighted by Crippen LogP contribution is 2.35. The van der Waals surface area contributed by atoms with Crippen LogP contribution in [0.2, 0.25) is 0 Å². The zero-order valence-electron chi connectivity index (χ0n) is 37.8. The standard InChI is InChI=1S/C48H66N10O6/c1-6-8-23-42(60)57-48(25-24-36-34(29-48)19-14-22-40(36)58(4)5)46(64)56-38(27-32-17-10-9-11-18-32)45(63)54-37(21-15-26-52-47(50)51)44(62)55-39(43(61)53-30-41(49)59)28-33(7-2)35-20-13-12-16-31(35)3/h7,9-14,16-20,22,37-39H,6,8,15,21,23-30H2,1-5H3,(H2,49,59)(H,53,61)(H,54,63)(H,55,62)(H,56,64)(H,57,60)(H4,50,51,52)/b33-7-/t37-,38+,39-,48?/m0/s1. The van der Waals surface area contributed by atoms with Crippen LogP contribution in [0.15, 0.2) is 83.9 Å². The molecule has 0 aliphatic heterocycles. The molecule has 3 aromatic rings. The highest BCUT2D eigenvalue weighted by atomic mass is 16.2. The normalized spacial score (nSPS) is 15.9. The van der Waals surface area contributed by atoms with Crippen LogP contribution in [0, 0.1) is 6.92 Å². The van der Waals surface area contributed by atoms with Crippen molar-refractivity contribution >= 4 is 52.7 Å². The van der Waals surface area contributed by atoms with E-state index in [9.17, 15) is 28.8 Å². The molecule has 1 aliphatic rings. The summed E-state index contributed by atoms with van der Waals surface area (Å²) in [6, 6.07) is 19.0. The van der Waals surface area contributed by atoms with Gasteiger partial charge >= 0.3 is 0 Å². The van der Waals surface area contributed by atoms with Crippen molar-refractivity contribution in [2.45, 2.75) is 109 Å². The molecule has 4 rings (SSSR count). The number of nitrogens with two attached hydrogens (primary N) is 3. The fraction of sp³-hybridized carbons (Fsp3) is 0.438. The van der Waals surface area contributed by atoms with Gasteiger partial charge in [-0.1, -0.05) is 86.2 Å². The maximum atomic E-state index is 14.8. The number of aliphatic imine (C=N–C) groups is 1. The van der Waals surface area contributed by atoms with Crippen LogP contribution in [0.1, 0.15) is 86.6 Å². The summed E-state index contributed by atoms with van der Waals surface area (Å²) in [5, 5.41) is 14.3. The van der Waals surface area contributed by atoms with Gasteiger partial charge in [0, 0.05) is 52.0 Å². The van der Waals surface area contributed by atoms with Crippen LogP contribution in [-0.2, 0) is 48.0 Å². The van der Waals surface area contributed by atoms with Crippen molar-refractivity contribution in [2.75, 3.05) is 32.1 Å². The Bertz CT molecular complexity index is 2170. The third-order valence-electron chi connectivity index (χ3n) is 11.4. The van der Waals surface area contributed by atoms with Gasteiger partial charge < -0.3 is 48.7 Å². The van der Waals surface area contributed by atoms with Crippen molar-refractivity contribution in [1.82, 2.24) is 26.6 Å². The number of nitrogens with one attached hydrogen (secondary N) is 5. The number of fused-ring (bicyclic) bond motifs is 1. The number of unbranched alkanes of at least 4 members (excludes halogenated alkanes) is 1. The summed E-state index contributed by atoms with van der Waals surface area (Å²) < 4.78 is 0. The van der Waals surface area contributed by atoms with Crippen molar-refractivity contribution in [1.29, 1.82) is 0 Å². The molecule has 0 spiro atoms. The van der Waals surface area contributed by atoms with Gasteiger partial charge in [-0.25, -0.2) is 0 Å². The monoisotopic (exact) mass is 879 g/mol. The molecule has 0 radical (unpaired) electrons. The van der Waals surface area contributed by atoms with Crippen LogP contribution in [0.25, 0.3) is 5.57 Å². The topological polar surface area (TPSA) is 256 Å². The maximum Gasteiger partial charge on any atom is 0.246 e. The molecule has 64 heavy (non-hydrogen) atoms. The predicted octanol–water partition coefficient (Wildman–Crippen LogP) is 2.44. The highest BCUT2D eigenvalue weighted by molar-refractivity contribution is 5.98. The van der Waals surface area contributed by atoms with E-state index in [-0.39, 0.29) is 56.9 Å². The third kappa shape index (κ3) is 14.4. The van der Waals surface area contributed by atoms with E-state index in [1.165, 1.54) is 0 Å². The number of hydrogen-bond donors (Lipinski definition) is 8. The molecule has 0 heterocycles. The molecule has 0 saturated carbocycles. The van der Waals surface area contributed by atoms with Crippen molar-refractivity contribution in [3.63, 3.8) is 0 Å². The molecule has 11 N–H and O–H groups in total. The SMILES string of the molecule is C/C=C(/C[C@H](NC(=O)[C@H](CCCN=C(N)N)NC(=O)[C@@H](Cc1ccccc1)NC(=O)C1(NC(=O)CCCC)CCc2c(cccc2N(C)C)C1)C(=O)NCC(N)=O)c1ccccc1C. The maximum absolute atomic E-state index is 14.8. The Morgan fingerprint density at radius 2 is 1.52 bits per heavy atom. The quantitative estimate of drug-likeness (QED) is 0.0395. The molecular formula is C48H66N10O6. The molecule has 0 saturated heterocycles. The number of amides is 6. The van der Waals surface area contributed by atoms with Gasteiger partial charge in [0.05, 0.1) is 6.54 Å². The van der Waals surface area contributed by atoms with Crippen molar-refractivity contribution in [3.8, 4) is 0 Å². The van der Waals surface area contributed by atoms with Gasteiger partial charge in [0.1, 0.15) is 23.7 Å². The molecular weight excluding hydrogens is 813 g/mol. The Balaban J connectivity index is 1.69. The molecule has 16 nitrogen and oxygen atoms in total. The molecule has 3 aromatic carbocycles. The van der Waals surface area contributed by atoms with Crippen molar-refractivity contribution < 1.29 is 28.8 Å². The summed E-state index contributed by atoms with van der Waals surface area (Å²) >= 11 is 0. The number of benzene rings is 3. The number of aryl methyl sites for hydroxylation is 1. The van der Waals surface area contributed by atoms with Crippen molar-refractivity contribution in [3.05, 3.63) is 107 Å². The molecule has 16 heteroatoms. The van der Waals surface area contributed by atoms with E-state index in [1.807, 2.05) is 119 Å². The van der Waals surface area contributed by atoms with E-state index in [2.05, 4.69) is 31.6 Å². The Hall–Kier alpha value is -6.71. The van der Waals surface area contributed by atoms with E-state index < -0.39 is 59.7 Å². The summed E-state index contributed by atoms with van der Waals surface area (Å²) in [5.41, 5.74) is 21.5. The minimum atomic E-state index is -1.37. The van der Waals surface area contributed by atoms with Gasteiger partial charge in [-0.05, 0) is 85.4 Å². The van der Waals surface area contributed by atoms with E-state index in [4.69, 9.17) is 17.2 Å². The van der Waals surface area contributed by atoms with Crippen molar-refractivity contribution in [2.24, 2.45) is 22.2 Å². The minimum Gasteiger partial charge on any atom is -0.377 e. The number of carbonyl (C=O) groups excluding carboxylic acids is 6. The smallest absolute Gasteiger partial charge is 0.246 e. The van der Waals surface area contributed by atoms with E-state index >= 15 is 0 Å². The van der Waals surface area contributed by atoms with Gasteiger partial charge in [0.25, 0.3) is 0 Å². The van der Waals surface area contributed by atoms with Crippen LogP contribution >= 0.6 is 0 Å². The predicted molar refractivity (Wildman–Crippen MR) is 251 cm³/mol. The Labute approximate surface area is 376 Å². The zero-order chi connectivity index (χ0) is 46.8. The molecule has 344 valence electrons. The fourth-order valence-electron chi connectivity index (χ4n) is 7.99. The van der Waals surface area contributed by atoms with Gasteiger partial charge in [0.2, 0.25) is 35.4 Å². The zero-order valence-corrected chi connectivity index (χ0v) is 37.8. The molecule has 1 unspecified atom stereocenters. The average molecular weight is 879 g/mol. The third-order valence-corrected chi connectivity index (χ3v) is 11.4. The number of anilines is 1. The number of rotatable bonds is 23. The highest BCUT2D eigenvalue weighted by Gasteiger charge is 2.44. The molecule has 6 amide bonds. The van der Waals surface area contributed by atoms with Crippen LogP contribution < -0.4 is 48.7 Å². The summed E-state index contributed by atoms with van der Waals surface area (Å²) in [6.45, 7) is 5.43. The Kier molecular flexibility index (Phi) is 18.9. The summed E-state index contributed by atoms with van der Waals surface area (Å²) in [6.07, 6.45) is 4.94. The Morgan fingerprint density at radius 1 is 0.828 bits per heavy atom. The number of guanidine groups is 1. The largest absolute Gasteiger partial charge is 0.377 e. The summed E-state index contributed by atoms with van der Waals surface area (Å²) in [5.74, 6) is -3.70. The van der Waals surface area contributed by atoms with Crippen LogP contribution in [0.4, 0.5) is 5.69 Å². The van der Waals surface area contributed by atoms with Crippen LogP contribution in [0.3, 0.4) is 0 Å². The fourth-order valence-corrected chi connectivity index (χ4v) is 7.99. The van der Waals surface area contributed by atoms with E-state index in [0.717, 1.165) is 45.5 Å². The number of allylic oxidation sites excluding steroid dienone is 1. The van der Waals surface area contributed by atoms with Crippen LogP contribution in [-0.4, -0.2) is 92.3 Å². The second-order valence-corrected chi connectivity index (χ2v) is 16.5.